The molecule has 0 bridgehead atoms. The molecule has 0 amide bonds. The summed E-state index contributed by atoms with van der Waals surface area (Å²) in [6.45, 7) is 8.36. The van der Waals surface area contributed by atoms with Crippen molar-refractivity contribution < 1.29 is 32.2 Å². The van der Waals surface area contributed by atoms with Crippen LogP contribution in [0.15, 0.2) is 25.3 Å². The minimum atomic E-state index is -2.63. The van der Waals surface area contributed by atoms with Gasteiger partial charge in [0.15, 0.2) is 25.0 Å². The van der Waals surface area contributed by atoms with Crippen molar-refractivity contribution >= 4 is 19.8 Å². The summed E-state index contributed by atoms with van der Waals surface area (Å²) in [6, 6.07) is 0. The third-order valence-corrected chi connectivity index (χ3v) is 4.18. The van der Waals surface area contributed by atoms with Crippen molar-refractivity contribution in [2.45, 2.75) is 12.8 Å². The first kappa shape index (κ1) is 22.9. The van der Waals surface area contributed by atoms with Gasteiger partial charge in [-0.1, -0.05) is 13.2 Å². The summed E-state index contributed by atoms with van der Waals surface area (Å²) in [7, 11) is 4.89. The fourth-order valence-corrected chi connectivity index (χ4v) is 2.65. The Labute approximate surface area is 145 Å². The smallest absolute Gasteiger partial charge is 0.305 e. The van der Waals surface area contributed by atoms with E-state index in [0.29, 0.717) is 34.9 Å². The van der Waals surface area contributed by atoms with E-state index in [4.69, 9.17) is 9.05 Å². The van der Waals surface area contributed by atoms with E-state index in [2.05, 4.69) is 13.2 Å². The molecule has 0 fully saturated rings. The molecule has 24 heavy (non-hydrogen) atoms. The fraction of sp³-hybridized carbons (Fsp3) is 0.625. The summed E-state index contributed by atoms with van der Waals surface area (Å²) in [5.41, 5.74) is 0. The molecule has 0 saturated heterocycles. The Bertz CT molecular complexity index is 447. The first-order chi connectivity index (χ1) is 11.0. The second-order valence-corrected chi connectivity index (χ2v) is 8.03. The van der Waals surface area contributed by atoms with E-state index < -0.39 is 8.25 Å². The molecule has 0 heterocycles. The van der Waals surface area contributed by atoms with Gasteiger partial charge in [-0.25, -0.2) is 0 Å². The maximum absolute atomic E-state index is 11.9. The molecule has 138 valence electrons. The van der Waals surface area contributed by atoms with Gasteiger partial charge >= 0.3 is 8.25 Å². The van der Waals surface area contributed by atoms with Crippen molar-refractivity contribution in [3.8, 4) is 0 Å². The van der Waals surface area contributed by atoms with Crippen molar-refractivity contribution in [2.24, 2.45) is 0 Å². The molecule has 0 spiro atoms. The second kappa shape index (κ2) is 10.7. The lowest BCUT2D eigenvalue weighted by Gasteiger charge is -2.30. The largest absolute Gasteiger partial charge is 0.327 e. The van der Waals surface area contributed by atoms with Crippen molar-refractivity contribution in [3.63, 3.8) is 0 Å². The van der Waals surface area contributed by atoms with Crippen LogP contribution in [0.4, 0.5) is 0 Å². The van der Waals surface area contributed by atoms with Crippen LogP contribution in [0.25, 0.3) is 0 Å². The summed E-state index contributed by atoms with van der Waals surface area (Å²) in [4.78, 5) is 22.5. The summed E-state index contributed by atoms with van der Waals surface area (Å²) in [5.74, 6) is -0.0588. The Hall–Kier alpha value is -1.11. The monoisotopic (exact) mass is 362 g/mol. The normalized spacial score (nSPS) is 12.2. The van der Waals surface area contributed by atoms with E-state index in [1.165, 1.54) is 12.2 Å². The Kier molecular flexibility index (Phi) is 10.2. The molecular formula is C16H31N2O5P+2. The van der Waals surface area contributed by atoms with E-state index in [1.54, 1.807) is 0 Å². The minimum Gasteiger partial charge on any atom is -0.305 e. The number of hydrogen-bond acceptors (Lipinski definition) is 5. The van der Waals surface area contributed by atoms with Crippen molar-refractivity contribution in [2.75, 3.05) is 54.7 Å². The number of carbonyl (C=O) groups is 2. The van der Waals surface area contributed by atoms with Gasteiger partial charge in [-0.15, -0.1) is 0 Å². The molecule has 0 N–H and O–H groups in total. The number of carbonyl (C=O) groups excluding carboxylic acids is 2. The van der Waals surface area contributed by atoms with Gasteiger partial charge in [0.05, 0.1) is 54.1 Å². The molecule has 0 aromatic heterocycles. The van der Waals surface area contributed by atoms with Gasteiger partial charge < -0.3 is 8.97 Å². The van der Waals surface area contributed by atoms with E-state index in [9.17, 15) is 14.2 Å². The summed E-state index contributed by atoms with van der Waals surface area (Å²) in [6.07, 6.45) is 3.32. The number of quaternary nitrogens is 2. The van der Waals surface area contributed by atoms with Crippen LogP contribution < -0.4 is 0 Å². The summed E-state index contributed by atoms with van der Waals surface area (Å²) < 4.78 is 23.2. The zero-order valence-corrected chi connectivity index (χ0v) is 16.2. The topological polar surface area (TPSA) is 69.7 Å². The highest BCUT2D eigenvalue weighted by molar-refractivity contribution is 7.33. The first-order valence-electron chi connectivity index (χ1n) is 7.75. The number of hydrogen-bond donors (Lipinski definition) is 0. The molecule has 0 saturated carbocycles. The standard InChI is InChI=1S/C16H31N2O5P/c1-7-15(19)9-11-17(3,4)13-22-24(21)23-14-18(5,6)12-10-16(20)8-2/h7-8,24H,1-2,9-14H2,3-6H3/q+2. The van der Waals surface area contributed by atoms with Crippen LogP contribution in [-0.4, -0.2) is 75.3 Å². The predicted octanol–water partition coefficient (Wildman–Crippen LogP) is 1.77. The molecule has 0 aliphatic rings. The van der Waals surface area contributed by atoms with E-state index in [-0.39, 0.29) is 25.0 Å². The Balaban J connectivity index is 4.16. The van der Waals surface area contributed by atoms with Crippen LogP contribution in [-0.2, 0) is 23.2 Å². The van der Waals surface area contributed by atoms with Crippen LogP contribution in [0, 0.1) is 0 Å². The van der Waals surface area contributed by atoms with Gasteiger partial charge in [-0.3, -0.25) is 23.2 Å². The third-order valence-electron chi connectivity index (χ3n) is 3.45. The summed E-state index contributed by atoms with van der Waals surface area (Å²) >= 11 is 0. The number of ketones is 2. The van der Waals surface area contributed by atoms with Gasteiger partial charge in [0.25, 0.3) is 0 Å². The zero-order valence-electron chi connectivity index (χ0n) is 15.2. The molecular weight excluding hydrogens is 331 g/mol. The van der Waals surface area contributed by atoms with Crippen LogP contribution in [0.5, 0.6) is 0 Å². The van der Waals surface area contributed by atoms with Gasteiger partial charge in [0, 0.05) is 0 Å². The predicted molar refractivity (Wildman–Crippen MR) is 94.5 cm³/mol. The lowest BCUT2D eigenvalue weighted by Crippen LogP contribution is -2.43. The molecule has 0 radical (unpaired) electrons. The Morgan fingerprint density at radius 2 is 1.21 bits per heavy atom. The molecule has 0 unspecified atom stereocenters. The van der Waals surface area contributed by atoms with Crippen LogP contribution in [0.2, 0.25) is 0 Å². The zero-order chi connectivity index (χ0) is 18.8. The van der Waals surface area contributed by atoms with Crippen molar-refractivity contribution in [3.05, 3.63) is 25.3 Å². The maximum atomic E-state index is 11.9. The van der Waals surface area contributed by atoms with E-state index in [1.807, 2.05) is 28.2 Å². The highest BCUT2D eigenvalue weighted by Crippen LogP contribution is 2.26. The van der Waals surface area contributed by atoms with Gasteiger partial charge in [-0.05, 0) is 12.2 Å². The van der Waals surface area contributed by atoms with Crippen molar-refractivity contribution in [1.82, 2.24) is 0 Å². The van der Waals surface area contributed by atoms with Crippen LogP contribution >= 0.6 is 8.25 Å². The third kappa shape index (κ3) is 11.4. The van der Waals surface area contributed by atoms with Crippen LogP contribution in [0.3, 0.4) is 0 Å². The lowest BCUT2D eigenvalue weighted by atomic mass is 10.2. The highest BCUT2D eigenvalue weighted by Gasteiger charge is 2.21. The molecule has 0 aliphatic carbocycles. The molecule has 0 aliphatic heterocycles. The van der Waals surface area contributed by atoms with Gasteiger partial charge in [0.2, 0.25) is 0 Å². The van der Waals surface area contributed by atoms with Gasteiger partial charge in [-0.2, -0.15) is 0 Å². The maximum Gasteiger partial charge on any atom is 0.327 e. The first-order valence-corrected chi connectivity index (χ1v) is 8.98. The minimum absolute atomic E-state index is 0.0294. The van der Waals surface area contributed by atoms with Crippen molar-refractivity contribution in [1.29, 1.82) is 0 Å². The fourth-order valence-electron chi connectivity index (χ4n) is 1.66. The van der Waals surface area contributed by atoms with Crippen LogP contribution in [0.1, 0.15) is 12.8 Å². The lowest BCUT2D eigenvalue weighted by molar-refractivity contribution is -0.908. The average molecular weight is 362 g/mol. The molecule has 0 atom stereocenters. The molecule has 0 rings (SSSR count). The second-order valence-electron chi connectivity index (χ2n) is 6.96. The molecule has 8 heteroatoms. The quantitative estimate of drug-likeness (QED) is 0.204. The van der Waals surface area contributed by atoms with E-state index in [0.717, 1.165) is 0 Å². The van der Waals surface area contributed by atoms with E-state index >= 15 is 0 Å². The number of nitrogens with zero attached hydrogens (tertiary/aromatic N) is 2. The SMILES string of the molecule is C=CC(=O)CC[N+](C)(C)CO[PH](=O)OC[N+](C)(C)CCC(=O)C=C. The molecule has 7 nitrogen and oxygen atoms in total. The van der Waals surface area contributed by atoms with Gasteiger partial charge in [0.1, 0.15) is 0 Å². The average Bonchev–Trinajstić information content (AvgIpc) is 2.54. The molecule has 0 aromatic carbocycles. The Morgan fingerprint density at radius 3 is 1.50 bits per heavy atom. The highest BCUT2D eigenvalue weighted by atomic mass is 31.1. The number of allylic oxidation sites excluding steroid dienone is 2. The molecule has 0 aromatic rings. The number of rotatable bonds is 14. The Morgan fingerprint density at radius 1 is 0.875 bits per heavy atom. The summed E-state index contributed by atoms with van der Waals surface area (Å²) in [5, 5.41) is 0.